The van der Waals surface area contributed by atoms with Gasteiger partial charge in [0.05, 0.1) is 17.8 Å². The molecule has 1 aliphatic rings. The van der Waals surface area contributed by atoms with Crippen LogP contribution in [0, 0.1) is 0 Å². The maximum Gasteiger partial charge on any atom is 0.0703 e. The summed E-state index contributed by atoms with van der Waals surface area (Å²) in [6, 6.07) is 6.24. The van der Waals surface area contributed by atoms with Crippen molar-refractivity contribution in [3.63, 3.8) is 0 Å². The molecule has 1 aromatic heterocycles. The van der Waals surface area contributed by atoms with Crippen molar-refractivity contribution in [1.29, 1.82) is 0 Å². The summed E-state index contributed by atoms with van der Waals surface area (Å²) in [4.78, 5) is 6.87. The van der Waals surface area contributed by atoms with Crippen molar-refractivity contribution >= 4 is 0 Å². The minimum atomic E-state index is 0.0521. The number of rotatable bonds is 6. The van der Waals surface area contributed by atoms with Gasteiger partial charge in [-0.15, -0.1) is 0 Å². The molecule has 19 heavy (non-hydrogen) atoms. The number of nitrogens with two attached hydrogens (primary N) is 1. The number of pyridine rings is 1. The molecule has 2 heterocycles. The van der Waals surface area contributed by atoms with Gasteiger partial charge in [-0.25, -0.2) is 0 Å². The van der Waals surface area contributed by atoms with Gasteiger partial charge >= 0.3 is 0 Å². The quantitative estimate of drug-likeness (QED) is 0.852. The molecule has 0 aliphatic carbocycles. The van der Waals surface area contributed by atoms with Crippen molar-refractivity contribution in [2.75, 3.05) is 19.7 Å². The summed E-state index contributed by atoms with van der Waals surface area (Å²) >= 11 is 0. The van der Waals surface area contributed by atoms with Crippen molar-refractivity contribution < 1.29 is 4.74 Å². The van der Waals surface area contributed by atoms with Gasteiger partial charge in [-0.2, -0.15) is 0 Å². The van der Waals surface area contributed by atoms with Crippen molar-refractivity contribution in [2.24, 2.45) is 5.73 Å². The third-order valence-corrected chi connectivity index (χ3v) is 3.75. The lowest BCUT2D eigenvalue weighted by atomic mass is 10.0. The third-order valence-electron chi connectivity index (χ3n) is 3.75. The third kappa shape index (κ3) is 3.75. The van der Waals surface area contributed by atoms with E-state index in [2.05, 4.69) is 29.8 Å². The lowest BCUT2D eigenvalue weighted by Crippen LogP contribution is -2.43. The van der Waals surface area contributed by atoms with Crippen molar-refractivity contribution in [3.8, 4) is 0 Å². The summed E-state index contributed by atoms with van der Waals surface area (Å²) in [5.74, 6) is 0. The van der Waals surface area contributed by atoms with E-state index >= 15 is 0 Å². The Kier molecular flexibility index (Phi) is 5.31. The second-order valence-electron chi connectivity index (χ2n) is 5.28. The Morgan fingerprint density at radius 3 is 2.89 bits per heavy atom. The van der Waals surface area contributed by atoms with Gasteiger partial charge in [-0.05, 0) is 38.4 Å². The van der Waals surface area contributed by atoms with Crippen molar-refractivity contribution in [1.82, 2.24) is 9.88 Å². The van der Waals surface area contributed by atoms with E-state index in [-0.39, 0.29) is 12.1 Å². The number of ether oxygens (including phenoxy) is 1. The number of nitrogens with zero attached hydrogens (tertiary/aromatic N) is 2. The number of aromatic nitrogens is 1. The normalized spacial score (nSPS) is 22.6. The number of hydrogen-bond donors (Lipinski definition) is 1. The fraction of sp³-hybridized carbons (Fsp3) is 0.667. The molecule has 3 atom stereocenters. The van der Waals surface area contributed by atoms with Crippen molar-refractivity contribution in [2.45, 2.75) is 44.9 Å². The molecular weight excluding hydrogens is 238 g/mol. The molecule has 4 heteroatoms. The fourth-order valence-electron chi connectivity index (χ4n) is 2.83. The molecule has 106 valence electrons. The molecule has 2 rings (SSSR count). The Balaban J connectivity index is 2.11. The van der Waals surface area contributed by atoms with Crippen LogP contribution in [0.15, 0.2) is 24.4 Å². The highest BCUT2D eigenvalue weighted by Crippen LogP contribution is 2.24. The molecule has 1 aliphatic heterocycles. The summed E-state index contributed by atoms with van der Waals surface area (Å²) < 4.78 is 5.75. The first-order valence-corrected chi connectivity index (χ1v) is 7.24. The Labute approximate surface area is 116 Å². The SMILES string of the molecule is CCN(CC1CCCO1)C(c1ccccn1)C(C)N. The standard InChI is InChI=1S/C15H25N3O/c1-3-18(11-13-7-6-10-19-13)15(12(2)16)14-8-4-5-9-17-14/h4-5,8-9,12-13,15H,3,6-7,10-11,16H2,1-2H3. The van der Waals surface area contributed by atoms with Gasteiger partial charge in [0.2, 0.25) is 0 Å². The van der Waals surface area contributed by atoms with E-state index in [1.807, 2.05) is 18.3 Å². The highest BCUT2D eigenvalue weighted by molar-refractivity contribution is 5.11. The Hall–Kier alpha value is -0.970. The molecular formula is C15H25N3O. The summed E-state index contributed by atoms with van der Waals surface area (Å²) in [7, 11) is 0. The van der Waals surface area contributed by atoms with Crippen LogP contribution < -0.4 is 5.73 Å². The average Bonchev–Trinajstić information content (AvgIpc) is 2.91. The van der Waals surface area contributed by atoms with Crippen LogP contribution in [-0.2, 0) is 4.74 Å². The van der Waals surface area contributed by atoms with Gasteiger partial charge < -0.3 is 10.5 Å². The molecule has 4 nitrogen and oxygen atoms in total. The second kappa shape index (κ2) is 6.98. The molecule has 1 saturated heterocycles. The van der Waals surface area contributed by atoms with E-state index in [1.54, 1.807) is 0 Å². The van der Waals surface area contributed by atoms with E-state index in [4.69, 9.17) is 10.5 Å². The maximum atomic E-state index is 6.20. The van der Waals surface area contributed by atoms with Crippen LogP contribution in [0.1, 0.15) is 38.4 Å². The first-order chi connectivity index (χ1) is 9.22. The van der Waals surface area contributed by atoms with E-state index in [9.17, 15) is 0 Å². The van der Waals surface area contributed by atoms with Crippen LogP contribution in [0.4, 0.5) is 0 Å². The topological polar surface area (TPSA) is 51.4 Å². The first-order valence-electron chi connectivity index (χ1n) is 7.24. The van der Waals surface area contributed by atoms with Gasteiger partial charge in [-0.3, -0.25) is 9.88 Å². The predicted molar refractivity (Wildman–Crippen MR) is 76.8 cm³/mol. The van der Waals surface area contributed by atoms with Crippen LogP contribution >= 0.6 is 0 Å². The summed E-state index contributed by atoms with van der Waals surface area (Å²) in [6.07, 6.45) is 4.52. The molecule has 1 aromatic rings. The second-order valence-corrected chi connectivity index (χ2v) is 5.28. The molecule has 0 saturated carbocycles. The van der Waals surface area contributed by atoms with Crippen LogP contribution in [0.3, 0.4) is 0 Å². The van der Waals surface area contributed by atoms with Crippen LogP contribution in [0.25, 0.3) is 0 Å². The minimum Gasteiger partial charge on any atom is -0.377 e. The van der Waals surface area contributed by atoms with Crippen molar-refractivity contribution in [3.05, 3.63) is 30.1 Å². The van der Waals surface area contributed by atoms with Gasteiger partial charge in [-0.1, -0.05) is 13.0 Å². The molecule has 3 unspecified atom stereocenters. The number of likely N-dealkylation sites (N-methyl/N-ethyl adjacent to an activating group) is 1. The Bertz CT molecular complexity index is 363. The number of hydrogen-bond acceptors (Lipinski definition) is 4. The van der Waals surface area contributed by atoms with Gasteiger partial charge in [0.15, 0.2) is 0 Å². The highest BCUT2D eigenvalue weighted by Gasteiger charge is 2.27. The lowest BCUT2D eigenvalue weighted by Gasteiger charge is -2.34. The predicted octanol–water partition coefficient (Wildman–Crippen LogP) is 1.97. The molecule has 0 bridgehead atoms. The van der Waals surface area contributed by atoms with Gasteiger partial charge in [0.25, 0.3) is 0 Å². The molecule has 0 radical (unpaired) electrons. The lowest BCUT2D eigenvalue weighted by molar-refractivity contribution is 0.0538. The van der Waals surface area contributed by atoms with E-state index < -0.39 is 0 Å². The van der Waals surface area contributed by atoms with Crippen LogP contribution in [-0.4, -0.2) is 41.7 Å². The zero-order valence-corrected chi connectivity index (χ0v) is 12.0. The molecule has 2 N–H and O–H groups in total. The molecule has 0 spiro atoms. The maximum absolute atomic E-state index is 6.20. The van der Waals surface area contributed by atoms with Gasteiger partial charge in [0.1, 0.15) is 0 Å². The summed E-state index contributed by atoms with van der Waals surface area (Å²) in [6.45, 7) is 7.03. The zero-order valence-electron chi connectivity index (χ0n) is 12.0. The molecule has 1 fully saturated rings. The molecule has 0 aromatic carbocycles. The minimum absolute atomic E-state index is 0.0521. The fourth-order valence-corrected chi connectivity index (χ4v) is 2.83. The molecule has 0 amide bonds. The Morgan fingerprint density at radius 1 is 1.53 bits per heavy atom. The van der Waals surface area contributed by atoms with E-state index in [1.165, 1.54) is 6.42 Å². The smallest absolute Gasteiger partial charge is 0.0703 e. The monoisotopic (exact) mass is 263 g/mol. The largest absolute Gasteiger partial charge is 0.377 e. The highest BCUT2D eigenvalue weighted by atomic mass is 16.5. The zero-order chi connectivity index (χ0) is 13.7. The average molecular weight is 263 g/mol. The Morgan fingerprint density at radius 2 is 2.37 bits per heavy atom. The van der Waals surface area contributed by atoms with E-state index in [0.717, 1.165) is 31.8 Å². The van der Waals surface area contributed by atoms with Crippen LogP contribution in [0.2, 0.25) is 0 Å². The van der Waals surface area contributed by atoms with E-state index in [0.29, 0.717) is 6.10 Å². The summed E-state index contributed by atoms with van der Waals surface area (Å²) in [5.41, 5.74) is 7.25. The van der Waals surface area contributed by atoms with Crippen LogP contribution in [0.5, 0.6) is 0 Å². The van der Waals surface area contributed by atoms with Gasteiger partial charge in [0, 0.05) is 25.4 Å². The summed E-state index contributed by atoms with van der Waals surface area (Å²) in [5, 5.41) is 0. The first kappa shape index (κ1) is 14.4.